The van der Waals surface area contributed by atoms with Crippen LogP contribution in [0.1, 0.15) is 67.0 Å². The lowest BCUT2D eigenvalue weighted by Crippen LogP contribution is -2.27. The molecule has 0 radical (unpaired) electrons. The molecule has 0 spiro atoms. The summed E-state index contributed by atoms with van der Waals surface area (Å²) in [4.78, 5) is 24.0. The van der Waals surface area contributed by atoms with Gasteiger partial charge in [-0.25, -0.2) is 4.98 Å². The minimum atomic E-state index is -0.544. The fourth-order valence-electron chi connectivity index (χ4n) is 4.91. The van der Waals surface area contributed by atoms with Crippen LogP contribution in [0.15, 0.2) is 53.7 Å². The van der Waals surface area contributed by atoms with Crippen LogP contribution in [0.2, 0.25) is 5.02 Å². The molecule has 1 aromatic heterocycles. The Hall–Kier alpha value is -2.90. The molecule has 2 saturated carbocycles. The fourth-order valence-corrected chi connectivity index (χ4v) is 6.02. The summed E-state index contributed by atoms with van der Waals surface area (Å²) in [6, 6.07) is 13.4. The van der Waals surface area contributed by atoms with Crippen LogP contribution in [0, 0.1) is 0 Å². The molecule has 35 heavy (non-hydrogen) atoms. The average Bonchev–Trinajstić information content (AvgIpc) is 3.34. The molecule has 2 heterocycles. The molecular weight excluding hydrogens is 482 g/mol. The molecule has 8 heteroatoms. The number of rotatable bonds is 6. The second kappa shape index (κ2) is 9.28. The van der Waals surface area contributed by atoms with E-state index in [4.69, 9.17) is 26.1 Å². The summed E-state index contributed by atoms with van der Waals surface area (Å²) in [7, 11) is 0. The number of nitrogens with zero attached hydrogens (tertiary/aromatic N) is 2. The second-order valence-corrected chi connectivity index (χ2v) is 10.8. The maximum absolute atomic E-state index is 13.4. The summed E-state index contributed by atoms with van der Waals surface area (Å²) in [5, 5.41) is 4.34. The van der Waals surface area contributed by atoms with E-state index in [1.807, 2.05) is 48.7 Å². The molecule has 0 saturated heterocycles. The highest BCUT2D eigenvalue weighted by atomic mass is 35.5. The van der Waals surface area contributed by atoms with Gasteiger partial charge in [-0.1, -0.05) is 53.6 Å². The summed E-state index contributed by atoms with van der Waals surface area (Å²) in [6.45, 7) is 0.219. The summed E-state index contributed by atoms with van der Waals surface area (Å²) >= 11 is 8.05. The average molecular weight is 508 g/mol. The first-order chi connectivity index (χ1) is 17.1. The zero-order valence-electron chi connectivity index (χ0n) is 19.3. The van der Waals surface area contributed by atoms with Gasteiger partial charge >= 0.3 is 0 Å². The number of thiazole rings is 1. The highest BCUT2D eigenvalue weighted by molar-refractivity contribution is 7.15. The number of amides is 1. The van der Waals surface area contributed by atoms with E-state index in [1.165, 1.54) is 36.3 Å². The minimum absolute atomic E-state index is 0.0369. The number of aromatic nitrogens is 1. The van der Waals surface area contributed by atoms with Crippen molar-refractivity contribution in [3.63, 3.8) is 0 Å². The number of aliphatic imine (C=N–C) groups is 1. The maximum Gasteiger partial charge on any atom is 0.236 e. The van der Waals surface area contributed by atoms with Crippen LogP contribution >= 0.6 is 22.9 Å². The maximum atomic E-state index is 13.4. The topological polar surface area (TPSA) is 72.8 Å². The lowest BCUT2D eigenvalue weighted by Gasteiger charge is -2.18. The zero-order valence-corrected chi connectivity index (χ0v) is 20.8. The number of fused-ring (bicyclic) bond motifs is 1. The molecular formula is C27H26ClN3O3S. The number of carbonyl (C=O) groups excluding carboxylic acids is 1. The Morgan fingerprint density at radius 1 is 1.09 bits per heavy atom. The van der Waals surface area contributed by atoms with Crippen LogP contribution in [0.25, 0.3) is 0 Å². The van der Waals surface area contributed by atoms with Crippen LogP contribution < -0.4 is 14.8 Å². The largest absolute Gasteiger partial charge is 0.454 e. The van der Waals surface area contributed by atoms with E-state index in [1.54, 1.807) is 0 Å². The molecule has 2 aliphatic carbocycles. The minimum Gasteiger partial charge on any atom is -0.454 e. The van der Waals surface area contributed by atoms with Crippen molar-refractivity contribution in [1.82, 2.24) is 4.98 Å². The SMILES string of the molecule is O=C(Nc1ncc(C(N=C2CCCCC2)c2ccccc2Cl)s1)C1(c2ccc3c(c2)OCO3)CC1. The van der Waals surface area contributed by atoms with E-state index in [0.717, 1.165) is 47.4 Å². The first-order valence-electron chi connectivity index (χ1n) is 12.1. The van der Waals surface area contributed by atoms with Crippen molar-refractivity contribution < 1.29 is 14.3 Å². The molecule has 6 nitrogen and oxygen atoms in total. The van der Waals surface area contributed by atoms with Crippen LogP contribution in [0.5, 0.6) is 11.5 Å². The molecule has 1 unspecified atom stereocenters. The summed E-state index contributed by atoms with van der Waals surface area (Å²) < 4.78 is 10.9. The Balaban J connectivity index is 1.25. The van der Waals surface area contributed by atoms with Crippen LogP contribution in [-0.2, 0) is 10.2 Å². The van der Waals surface area contributed by atoms with Crippen molar-refractivity contribution in [2.45, 2.75) is 56.4 Å². The van der Waals surface area contributed by atoms with E-state index in [9.17, 15) is 4.79 Å². The van der Waals surface area contributed by atoms with E-state index >= 15 is 0 Å². The molecule has 1 amide bonds. The van der Waals surface area contributed by atoms with Crippen molar-refractivity contribution >= 4 is 39.7 Å². The van der Waals surface area contributed by atoms with Crippen molar-refractivity contribution in [2.75, 3.05) is 12.1 Å². The Bertz CT molecular complexity index is 1290. The van der Waals surface area contributed by atoms with E-state index in [-0.39, 0.29) is 18.7 Å². The van der Waals surface area contributed by atoms with E-state index in [0.29, 0.717) is 15.9 Å². The summed E-state index contributed by atoms with van der Waals surface area (Å²) in [5.41, 5.74) is 2.61. The molecule has 1 N–H and O–H groups in total. The molecule has 0 bridgehead atoms. The van der Waals surface area contributed by atoms with Crippen molar-refractivity contribution in [2.24, 2.45) is 4.99 Å². The lowest BCUT2D eigenvalue weighted by molar-refractivity contribution is -0.118. The van der Waals surface area contributed by atoms with Gasteiger partial charge in [-0.2, -0.15) is 0 Å². The van der Waals surface area contributed by atoms with Gasteiger partial charge in [-0.05, 0) is 62.3 Å². The third-order valence-corrected chi connectivity index (χ3v) is 8.37. The van der Waals surface area contributed by atoms with Gasteiger partial charge in [0.25, 0.3) is 0 Å². The van der Waals surface area contributed by atoms with Gasteiger partial charge in [0.2, 0.25) is 12.7 Å². The highest BCUT2D eigenvalue weighted by Gasteiger charge is 2.52. The predicted molar refractivity (Wildman–Crippen MR) is 138 cm³/mol. The molecule has 2 fully saturated rings. The number of hydrogen-bond acceptors (Lipinski definition) is 6. The van der Waals surface area contributed by atoms with Gasteiger partial charge in [0, 0.05) is 22.5 Å². The summed E-state index contributed by atoms with van der Waals surface area (Å²) in [5.74, 6) is 1.38. The Morgan fingerprint density at radius 3 is 2.69 bits per heavy atom. The number of hydrogen-bond donors (Lipinski definition) is 1. The number of halogens is 1. The third kappa shape index (κ3) is 4.43. The predicted octanol–water partition coefficient (Wildman–Crippen LogP) is 6.69. The quantitative estimate of drug-likeness (QED) is 0.403. The standard InChI is InChI=1S/C27H26ClN3O3S/c28-20-9-5-4-8-19(20)24(30-18-6-2-1-3-7-18)23-15-29-26(35-23)31-25(32)27(12-13-27)17-10-11-21-22(14-17)34-16-33-21/h4-5,8-11,14-15,24H,1-3,6-7,12-13,16H2,(H,29,31,32). The number of benzene rings is 2. The van der Waals surface area contributed by atoms with Crippen LogP contribution in [0.3, 0.4) is 0 Å². The van der Waals surface area contributed by atoms with Gasteiger partial charge in [-0.15, -0.1) is 0 Å². The molecule has 3 aromatic rings. The second-order valence-electron chi connectivity index (χ2n) is 9.35. The Kier molecular flexibility index (Phi) is 5.98. The normalized spacial score (nSPS) is 18.7. The van der Waals surface area contributed by atoms with Crippen LogP contribution in [0.4, 0.5) is 5.13 Å². The first kappa shape index (κ1) is 22.6. The number of ether oxygens (including phenoxy) is 2. The number of nitrogens with one attached hydrogen (secondary N) is 1. The molecule has 3 aliphatic rings. The summed E-state index contributed by atoms with van der Waals surface area (Å²) in [6.07, 6.45) is 9.10. The highest BCUT2D eigenvalue weighted by Crippen LogP contribution is 2.51. The van der Waals surface area contributed by atoms with Gasteiger partial charge in [0.05, 0.1) is 10.3 Å². The molecule has 1 aliphatic heterocycles. The van der Waals surface area contributed by atoms with Gasteiger partial charge in [-0.3, -0.25) is 9.79 Å². The van der Waals surface area contributed by atoms with Gasteiger partial charge < -0.3 is 14.8 Å². The zero-order chi connectivity index (χ0) is 23.8. The number of carbonyl (C=O) groups is 1. The van der Waals surface area contributed by atoms with Crippen molar-refractivity contribution in [3.05, 3.63) is 69.7 Å². The molecule has 6 rings (SSSR count). The molecule has 2 aromatic carbocycles. The van der Waals surface area contributed by atoms with Crippen molar-refractivity contribution in [1.29, 1.82) is 0 Å². The van der Waals surface area contributed by atoms with Gasteiger partial charge in [0.1, 0.15) is 6.04 Å². The lowest BCUT2D eigenvalue weighted by atomic mass is 9.94. The Morgan fingerprint density at radius 2 is 1.89 bits per heavy atom. The van der Waals surface area contributed by atoms with E-state index in [2.05, 4.69) is 10.3 Å². The molecule has 1 atom stereocenters. The smallest absolute Gasteiger partial charge is 0.236 e. The fraction of sp³-hybridized carbons (Fsp3) is 0.370. The van der Waals surface area contributed by atoms with E-state index < -0.39 is 5.41 Å². The van der Waals surface area contributed by atoms with Gasteiger partial charge in [0.15, 0.2) is 16.6 Å². The number of anilines is 1. The Labute approximate surface area is 213 Å². The monoisotopic (exact) mass is 507 g/mol. The van der Waals surface area contributed by atoms with Crippen LogP contribution in [-0.4, -0.2) is 23.4 Å². The first-order valence-corrected chi connectivity index (χ1v) is 13.3. The van der Waals surface area contributed by atoms with Crippen molar-refractivity contribution in [3.8, 4) is 11.5 Å². The third-order valence-electron chi connectivity index (χ3n) is 7.07. The molecule has 180 valence electrons.